The number of anilines is 3. The molecule has 22 heavy (non-hydrogen) atoms. The molecule has 0 aliphatic carbocycles. The molecule has 0 atom stereocenters. The Balaban J connectivity index is 2.19. The number of halogens is 1. The van der Waals surface area contributed by atoms with Crippen LogP contribution in [0.2, 0.25) is 0 Å². The van der Waals surface area contributed by atoms with Gasteiger partial charge in [-0.15, -0.1) is 0 Å². The highest BCUT2D eigenvalue weighted by Crippen LogP contribution is 2.40. The number of benzene rings is 3. The van der Waals surface area contributed by atoms with Crippen molar-refractivity contribution < 1.29 is 5.11 Å². The smallest absolute Gasteiger partial charge is 0.140 e. The first-order valence-corrected chi connectivity index (χ1v) is 7.85. The fourth-order valence-corrected chi connectivity index (χ4v) is 2.81. The second-order valence-electron chi connectivity index (χ2n) is 5.14. The predicted molar refractivity (Wildman–Crippen MR) is 95.2 cm³/mol. The highest BCUT2D eigenvalue weighted by Gasteiger charge is 2.15. The molecule has 0 unspecified atom stereocenters. The summed E-state index contributed by atoms with van der Waals surface area (Å²) in [6.07, 6.45) is 0. The Kier molecular flexibility index (Phi) is 4.16. The van der Waals surface area contributed by atoms with Crippen LogP contribution in [0, 0.1) is 6.92 Å². The summed E-state index contributed by atoms with van der Waals surface area (Å²) in [6, 6.07) is 23.8. The molecule has 2 nitrogen and oxygen atoms in total. The van der Waals surface area contributed by atoms with Crippen LogP contribution in [0.5, 0.6) is 5.75 Å². The number of aryl methyl sites for hydroxylation is 1. The van der Waals surface area contributed by atoms with Gasteiger partial charge in [0.25, 0.3) is 0 Å². The van der Waals surface area contributed by atoms with Crippen molar-refractivity contribution in [2.45, 2.75) is 6.92 Å². The van der Waals surface area contributed by atoms with Crippen LogP contribution in [-0.4, -0.2) is 5.11 Å². The van der Waals surface area contributed by atoms with E-state index in [9.17, 15) is 5.11 Å². The van der Waals surface area contributed by atoms with Gasteiger partial charge in [0.2, 0.25) is 0 Å². The maximum atomic E-state index is 10.4. The molecule has 0 radical (unpaired) electrons. The maximum absolute atomic E-state index is 10.4. The first-order valence-electron chi connectivity index (χ1n) is 7.05. The molecule has 0 spiro atoms. The molecule has 110 valence electrons. The SMILES string of the molecule is Cc1cccc(N(c2ccccc2)c2ccc(Br)cc2O)c1. The van der Waals surface area contributed by atoms with E-state index in [1.165, 1.54) is 5.56 Å². The Morgan fingerprint density at radius 1 is 0.818 bits per heavy atom. The van der Waals surface area contributed by atoms with Crippen molar-refractivity contribution in [1.82, 2.24) is 0 Å². The number of phenols is 1. The molecule has 3 aromatic rings. The largest absolute Gasteiger partial charge is 0.506 e. The van der Waals surface area contributed by atoms with Crippen LogP contribution in [0.3, 0.4) is 0 Å². The van der Waals surface area contributed by atoms with E-state index in [1.807, 2.05) is 54.6 Å². The highest BCUT2D eigenvalue weighted by molar-refractivity contribution is 9.10. The normalized spacial score (nSPS) is 10.5. The Morgan fingerprint density at radius 2 is 1.55 bits per heavy atom. The standard InChI is InChI=1S/C19H16BrNO/c1-14-6-5-9-17(12-14)21(16-7-3-2-4-8-16)18-11-10-15(20)13-19(18)22/h2-13,22H,1H3. The number of nitrogens with zero attached hydrogens (tertiary/aromatic N) is 1. The number of phenolic OH excluding ortho intramolecular Hbond substituents is 1. The van der Waals surface area contributed by atoms with Crippen molar-refractivity contribution in [1.29, 1.82) is 0 Å². The molecule has 0 saturated carbocycles. The van der Waals surface area contributed by atoms with E-state index in [-0.39, 0.29) is 5.75 Å². The van der Waals surface area contributed by atoms with Gasteiger partial charge in [-0.3, -0.25) is 0 Å². The Labute approximate surface area is 138 Å². The fourth-order valence-electron chi connectivity index (χ4n) is 2.46. The van der Waals surface area contributed by atoms with Gasteiger partial charge in [0.1, 0.15) is 5.75 Å². The van der Waals surface area contributed by atoms with Crippen molar-refractivity contribution in [3.63, 3.8) is 0 Å². The van der Waals surface area contributed by atoms with E-state index in [4.69, 9.17) is 0 Å². The van der Waals surface area contributed by atoms with Crippen LogP contribution in [0.25, 0.3) is 0 Å². The second kappa shape index (κ2) is 6.24. The number of para-hydroxylation sites is 1. The third kappa shape index (κ3) is 3.00. The Bertz CT molecular complexity index is 786. The molecule has 0 bridgehead atoms. The molecule has 0 saturated heterocycles. The zero-order chi connectivity index (χ0) is 15.5. The van der Waals surface area contributed by atoms with E-state index >= 15 is 0 Å². The van der Waals surface area contributed by atoms with Crippen molar-refractivity contribution in [2.24, 2.45) is 0 Å². The zero-order valence-electron chi connectivity index (χ0n) is 12.2. The van der Waals surface area contributed by atoms with E-state index in [2.05, 4.69) is 39.9 Å². The molecule has 3 rings (SSSR count). The molecule has 0 aliphatic heterocycles. The number of rotatable bonds is 3. The molecule has 3 aromatic carbocycles. The van der Waals surface area contributed by atoms with Crippen LogP contribution in [-0.2, 0) is 0 Å². The summed E-state index contributed by atoms with van der Waals surface area (Å²) in [5.74, 6) is 0.236. The maximum Gasteiger partial charge on any atom is 0.140 e. The van der Waals surface area contributed by atoms with Gasteiger partial charge in [-0.1, -0.05) is 46.3 Å². The van der Waals surface area contributed by atoms with Crippen LogP contribution in [0.1, 0.15) is 5.56 Å². The minimum Gasteiger partial charge on any atom is -0.506 e. The Hall–Kier alpha value is -2.26. The van der Waals surface area contributed by atoms with Crippen LogP contribution in [0.4, 0.5) is 17.1 Å². The lowest BCUT2D eigenvalue weighted by Gasteiger charge is -2.26. The number of aromatic hydroxyl groups is 1. The minimum atomic E-state index is 0.236. The van der Waals surface area contributed by atoms with Gasteiger partial charge < -0.3 is 10.0 Å². The summed E-state index contributed by atoms with van der Waals surface area (Å²) >= 11 is 3.39. The molecular formula is C19H16BrNO. The quantitative estimate of drug-likeness (QED) is 0.630. The molecule has 0 aromatic heterocycles. The Morgan fingerprint density at radius 3 is 2.23 bits per heavy atom. The molecule has 0 fully saturated rings. The molecular weight excluding hydrogens is 338 g/mol. The zero-order valence-corrected chi connectivity index (χ0v) is 13.8. The molecule has 0 amide bonds. The summed E-state index contributed by atoms with van der Waals surface area (Å²) in [4.78, 5) is 2.05. The van der Waals surface area contributed by atoms with Gasteiger partial charge in [-0.05, 0) is 55.0 Å². The van der Waals surface area contributed by atoms with Gasteiger partial charge in [0, 0.05) is 15.8 Å². The van der Waals surface area contributed by atoms with Crippen molar-refractivity contribution in [3.8, 4) is 5.75 Å². The first kappa shape index (κ1) is 14.7. The van der Waals surface area contributed by atoms with Crippen molar-refractivity contribution >= 4 is 33.0 Å². The van der Waals surface area contributed by atoms with Gasteiger partial charge in [-0.2, -0.15) is 0 Å². The second-order valence-corrected chi connectivity index (χ2v) is 6.06. The molecule has 0 heterocycles. The van der Waals surface area contributed by atoms with Crippen molar-refractivity contribution in [2.75, 3.05) is 4.90 Å². The molecule has 1 N–H and O–H groups in total. The summed E-state index contributed by atoms with van der Waals surface area (Å²) < 4.78 is 0.853. The average molecular weight is 354 g/mol. The summed E-state index contributed by atoms with van der Waals surface area (Å²) in [5.41, 5.74) is 3.95. The molecule has 3 heteroatoms. The third-order valence-electron chi connectivity index (χ3n) is 3.45. The van der Waals surface area contributed by atoms with Crippen LogP contribution in [0.15, 0.2) is 77.3 Å². The van der Waals surface area contributed by atoms with Gasteiger partial charge >= 0.3 is 0 Å². The highest BCUT2D eigenvalue weighted by atomic mass is 79.9. The predicted octanol–water partition coefficient (Wildman–Crippen LogP) is 5.93. The minimum absolute atomic E-state index is 0.236. The monoisotopic (exact) mass is 353 g/mol. The molecule has 0 aliphatic rings. The number of hydrogen-bond donors (Lipinski definition) is 1. The third-order valence-corrected chi connectivity index (χ3v) is 3.95. The number of hydrogen-bond acceptors (Lipinski definition) is 2. The van der Waals surface area contributed by atoms with Crippen molar-refractivity contribution in [3.05, 3.63) is 82.8 Å². The van der Waals surface area contributed by atoms with E-state index in [0.29, 0.717) is 0 Å². The summed E-state index contributed by atoms with van der Waals surface area (Å²) in [6.45, 7) is 2.06. The van der Waals surface area contributed by atoms with E-state index < -0.39 is 0 Å². The first-order chi connectivity index (χ1) is 10.6. The topological polar surface area (TPSA) is 23.5 Å². The summed E-state index contributed by atoms with van der Waals surface area (Å²) in [7, 11) is 0. The summed E-state index contributed by atoms with van der Waals surface area (Å²) in [5, 5.41) is 10.4. The lowest BCUT2D eigenvalue weighted by molar-refractivity contribution is 0.476. The van der Waals surface area contributed by atoms with Gasteiger partial charge in [-0.25, -0.2) is 0 Å². The average Bonchev–Trinajstić information content (AvgIpc) is 2.51. The lowest BCUT2D eigenvalue weighted by Crippen LogP contribution is -2.10. The van der Waals surface area contributed by atoms with Crippen LogP contribution < -0.4 is 4.90 Å². The van der Waals surface area contributed by atoms with E-state index in [1.54, 1.807) is 6.07 Å². The van der Waals surface area contributed by atoms with E-state index in [0.717, 1.165) is 21.5 Å². The fraction of sp³-hybridized carbons (Fsp3) is 0.0526. The van der Waals surface area contributed by atoms with Crippen LogP contribution >= 0.6 is 15.9 Å². The van der Waals surface area contributed by atoms with Gasteiger partial charge in [0.05, 0.1) is 5.69 Å². The van der Waals surface area contributed by atoms with Gasteiger partial charge in [0.15, 0.2) is 0 Å². The lowest BCUT2D eigenvalue weighted by atomic mass is 10.1.